The minimum Gasteiger partial charge on any atom is -0.495 e. The molecule has 0 bridgehead atoms. The minimum absolute atomic E-state index is 0.0469. The second kappa shape index (κ2) is 7.00. The summed E-state index contributed by atoms with van der Waals surface area (Å²) in [5.74, 6) is 0.707. The molecular formula is C19H15ClFN3O3. The van der Waals surface area contributed by atoms with Crippen molar-refractivity contribution in [3.05, 3.63) is 59.1 Å². The second-order valence-corrected chi connectivity index (χ2v) is 6.60. The van der Waals surface area contributed by atoms with Crippen LogP contribution >= 0.6 is 11.6 Å². The van der Waals surface area contributed by atoms with E-state index in [9.17, 15) is 9.18 Å². The van der Waals surface area contributed by atoms with Gasteiger partial charge in [0.25, 0.3) is 5.89 Å². The summed E-state index contributed by atoms with van der Waals surface area (Å²) in [7, 11) is 1.53. The van der Waals surface area contributed by atoms with Crippen LogP contribution in [0.5, 0.6) is 5.75 Å². The molecule has 1 amide bonds. The molecule has 1 aromatic heterocycles. The normalized spacial score (nSPS) is 16.8. The Morgan fingerprint density at radius 1 is 1.26 bits per heavy atom. The molecular weight excluding hydrogens is 373 g/mol. The van der Waals surface area contributed by atoms with Crippen molar-refractivity contribution >= 4 is 23.2 Å². The molecule has 6 nitrogen and oxygen atoms in total. The van der Waals surface area contributed by atoms with Crippen molar-refractivity contribution < 1.29 is 18.4 Å². The number of amides is 1. The third-order valence-corrected chi connectivity index (χ3v) is 4.77. The van der Waals surface area contributed by atoms with Crippen LogP contribution in [0.15, 0.2) is 47.0 Å². The van der Waals surface area contributed by atoms with Crippen molar-refractivity contribution in [3.8, 4) is 17.2 Å². The van der Waals surface area contributed by atoms with Crippen LogP contribution in [-0.2, 0) is 4.79 Å². The number of hydrogen-bond donors (Lipinski definition) is 0. The first-order valence-electron chi connectivity index (χ1n) is 8.28. The van der Waals surface area contributed by atoms with E-state index in [0.29, 0.717) is 40.3 Å². The van der Waals surface area contributed by atoms with Crippen LogP contribution in [0.25, 0.3) is 11.5 Å². The molecule has 2 aromatic carbocycles. The van der Waals surface area contributed by atoms with Gasteiger partial charge in [-0.2, -0.15) is 4.98 Å². The van der Waals surface area contributed by atoms with E-state index >= 15 is 0 Å². The molecule has 27 heavy (non-hydrogen) atoms. The van der Waals surface area contributed by atoms with Crippen LogP contribution in [0.1, 0.15) is 18.2 Å². The summed E-state index contributed by atoms with van der Waals surface area (Å²) in [6.45, 7) is 0.421. The monoisotopic (exact) mass is 387 g/mol. The third kappa shape index (κ3) is 3.38. The lowest BCUT2D eigenvalue weighted by atomic mass is 10.1. The Balaban J connectivity index is 1.54. The Bertz CT molecular complexity index is 990. The fourth-order valence-corrected chi connectivity index (χ4v) is 3.32. The predicted octanol–water partition coefficient (Wildman–Crippen LogP) is 4.06. The zero-order valence-electron chi connectivity index (χ0n) is 14.4. The Kier molecular flexibility index (Phi) is 4.53. The highest BCUT2D eigenvalue weighted by Gasteiger charge is 2.35. The summed E-state index contributed by atoms with van der Waals surface area (Å²) in [5, 5.41) is 4.43. The molecule has 0 aliphatic carbocycles. The summed E-state index contributed by atoms with van der Waals surface area (Å²) >= 11 is 6.16. The first kappa shape index (κ1) is 17.5. The number of carbonyl (C=O) groups is 1. The first-order chi connectivity index (χ1) is 13.0. The summed E-state index contributed by atoms with van der Waals surface area (Å²) in [6, 6.07) is 11.0. The van der Waals surface area contributed by atoms with Gasteiger partial charge in [0, 0.05) is 30.1 Å². The number of methoxy groups -OCH3 is 1. The van der Waals surface area contributed by atoms with Crippen LogP contribution in [0.4, 0.5) is 10.1 Å². The van der Waals surface area contributed by atoms with Gasteiger partial charge in [-0.1, -0.05) is 16.8 Å². The molecule has 0 N–H and O–H groups in total. The van der Waals surface area contributed by atoms with Crippen molar-refractivity contribution in [2.75, 3.05) is 18.6 Å². The number of benzene rings is 2. The molecule has 0 spiro atoms. The van der Waals surface area contributed by atoms with E-state index < -0.39 is 0 Å². The largest absolute Gasteiger partial charge is 0.495 e. The lowest BCUT2D eigenvalue weighted by Crippen LogP contribution is -2.24. The second-order valence-electron chi connectivity index (χ2n) is 6.19. The van der Waals surface area contributed by atoms with E-state index in [1.54, 1.807) is 35.2 Å². The quantitative estimate of drug-likeness (QED) is 0.675. The Hall–Kier alpha value is -2.93. The fourth-order valence-electron chi connectivity index (χ4n) is 3.06. The molecule has 3 aromatic rings. The molecule has 8 heteroatoms. The molecule has 0 radical (unpaired) electrons. The molecule has 4 rings (SSSR count). The zero-order valence-corrected chi connectivity index (χ0v) is 15.1. The highest BCUT2D eigenvalue weighted by molar-refractivity contribution is 6.32. The van der Waals surface area contributed by atoms with E-state index in [1.807, 2.05) is 0 Å². The maximum Gasteiger partial charge on any atom is 0.257 e. The highest BCUT2D eigenvalue weighted by atomic mass is 35.5. The molecule has 138 valence electrons. The SMILES string of the molecule is COc1ccc(N2CC(c3noc(-c4ccc(F)cc4)n3)CC2=O)cc1Cl. The Morgan fingerprint density at radius 3 is 2.74 bits per heavy atom. The average molecular weight is 388 g/mol. The van der Waals surface area contributed by atoms with E-state index in [1.165, 1.54) is 19.2 Å². The van der Waals surface area contributed by atoms with Gasteiger partial charge in [0.05, 0.1) is 12.1 Å². The number of nitrogens with zero attached hydrogens (tertiary/aromatic N) is 3. The minimum atomic E-state index is -0.339. The number of ether oxygens (including phenoxy) is 1. The summed E-state index contributed by atoms with van der Waals surface area (Å²) in [6.07, 6.45) is 0.270. The maximum atomic E-state index is 13.0. The van der Waals surface area contributed by atoms with Crippen LogP contribution in [0, 0.1) is 5.82 Å². The van der Waals surface area contributed by atoms with Crippen molar-refractivity contribution in [1.29, 1.82) is 0 Å². The molecule has 0 saturated carbocycles. The number of anilines is 1. The average Bonchev–Trinajstić information content (AvgIpc) is 3.29. The number of halogens is 2. The van der Waals surface area contributed by atoms with Gasteiger partial charge in [-0.15, -0.1) is 0 Å². The maximum absolute atomic E-state index is 13.0. The van der Waals surface area contributed by atoms with Gasteiger partial charge in [0.15, 0.2) is 5.82 Å². The van der Waals surface area contributed by atoms with Gasteiger partial charge < -0.3 is 14.2 Å². The van der Waals surface area contributed by atoms with Crippen molar-refractivity contribution in [2.24, 2.45) is 0 Å². The zero-order chi connectivity index (χ0) is 19.0. The fraction of sp³-hybridized carbons (Fsp3) is 0.211. The highest BCUT2D eigenvalue weighted by Crippen LogP contribution is 2.35. The molecule has 1 unspecified atom stereocenters. The third-order valence-electron chi connectivity index (χ3n) is 4.47. The lowest BCUT2D eigenvalue weighted by Gasteiger charge is -2.17. The standard InChI is InChI=1S/C19H15ClFN3O3/c1-26-16-7-6-14(9-15(16)20)24-10-12(8-17(24)25)18-22-19(27-23-18)11-2-4-13(21)5-3-11/h2-7,9,12H,8,10H2,1H3. The van der Waals surface area contributed by atoms with Gasteiger partial charge in [0.1, 0.15) is 11.6 Å². The molecule has 1 atom stereocenters. The first-order valence-corrected chi connectivity index (χ1v) is 8.66. The molecule has 1 aliphatic rings. The summed E-state index contributed by atoms with van der Waals surface area (Å²) in [4.78, 5) is 18.5. The number of aromatic nitrogens is 2. The molecule has 1 aliphatic heterocycles. The summed E-state index contributed by atoms with van der Waals surface area (Å²) in [5.41, 5.74) is 1.31. The van der Waals surface area contributed by atoms with E-state index in [-0.39, 0.29) is 24.1 Å². The predicted molar refractivity (Wildman–Crippen MR) is 97.4 cm³/mol. The van der Waals surface area contributed by atoms with E-state index in [4.69, 9.17) is 20.9 Å². The molecule has 2 heterocycles. The number of hydrogen-bond acceptors (Lipinski definition) is 5. The topological polar surface area (TPSA) is 68.5 Å². The number of carbonyl (C=O) groups excluding carboxylic acids is 1. The van der Waals surface area contributed by atoms with Crippen LogP contribution in [0.3, 0.4) is 0 Å². The molecule has 1 fully saturated rings. The Morgan fingerprint density at radius 2 is 2.04 bits per heavy atom. The van der Waals surface area contributed by atoms with Crippen molar-refractivity contribution in [1.82, 2.24) is 10.1 Å². The Labute approximate surface area is 159 Å². The van der Waals surface area contributed by atoms with Gasteiger partial charge >= 0.3 is 0 Å². The van der Waals surface area contributed by atoms with E-state index in [0.717, 1.165) is 0 Å². The van der Waals surface area contributed by atoms with Gasteiger partial charge in [0.2, 0.25) is 5.91 Å². The lowest BCUT2D eigenvalue weighted by molar-refractivity contribution is -0.117. The van der Waals surface area contributed by atoms with Gasteiger partial charge in [-0.25, -0.2) is 4.39 Å². The number of rotatable bonds is 4. The van der Waals surface area contributed by atoms with Gasteiger partial charge in [-0.3, -0.25) is 4.79 Å². The van der Waals surface area contributed by atoms with Crippen molar-refractivity contribution in [2.45, 2.75) is 12.3 Å². The summed E-state index contributed by atoms with van der Waals surface area (Å²) < 4.78 is 23.5. The van der Waals surface area contributed by atoms with Crippen molar-refractivity contribution in [3.63, 3.8) is 0 Å². The van der Waals surface area contributed by atoms with E-state index in [2.05, 4.69) is 10.1 Å². The van der Waals surface area contributed by atoms with Crippen LogP contribution in [-0.4, -0.2) is 29.7 Å². The van der Waals surface area contributed by atoms with Crippen LogP contribution in [0.2, 0.25) is 5.02 Å². The van der Waals surface area contributed by atoms with Gasteiger partial charge in [-0.05, 0) is 42.5 Å². The smallest absolute Gasteiger partial charge is 0.257 e. The molecule has 1 saturated heterocycles. The van der Waals surface area contributed by atoms with Crippen LogP contribution < -0.4 is 9.64 Å².